The number of rotatable bonds is 0. The summed E-state index contributed by atoms with van der Waals surface area (Å²) in [5.74, 6) is 1.04. The van der Waals surface area contributed by atoms with Gasteiger partial charge in [-0.15, -0.1) is 0 Å². The molecular formula is C7H12O3S. The molecule has 2 bridgehead atoms. The van der Waals surface area contributed by atoms with Crippen molar-refractivity contribution in [3.63, 3.8) is 0 Å². The Morgan fingerprint density at radius 1 is 1.36 bits per heavy atom. The quantitative estimate of drug-likeness (QED) is 0.512. The van der Waals surface area contributed by atoms with Gasteiger partial charge in [0.05, 0.1) is 11.9 Å². The molecule has 1 saturated carbocycles. The summed E-state index contributed by atoms with van der Waals surface area (Å²) in [6, 6.07) is 0. The van der Waals surface area contributed by atoms with Gasteiger partial charge in [0.15, 0.2) is 0 Å². The summed E-state index contributed by atoms with van der Waals surface area (Å²) in [6.07, 6.45) is 1.95. The van der Waals surface area contributed by atoms with Gasteiger partial charge in [-0.25, -0.2) is 0 Å². The molecule has 1 heterocycles. The van der Waals surface area contributed by atoms with E-state index in [-0.39, 0.29) is 11.9 Å². The van der Waals surface area contributed by atoms with E-state index in [1.54, 1.807) is 0 Å². The van der Waals surface area contributed by atoms with Crippen molar-refractivity contribution >= 4 is 10.1 Å². The largest absolute Gasteiger partial charge is 0.267 e. The molecule has 0 aromatic rings. The van der Waals surface area contributed by atoms with Crippen LogP contribution in [0.15, 0.2) is 0 Å². The topological polar surface area (TPSA) is 43.4 Å². The molecule has 3 unspecified atom stereocenters. The highest BCUT2D eigenvalue weighted by Gasteiger charge is 2.42. The smallest absolute Gasteiger partial charge is 0.266 e. The predicted molar refractivity (Wildman–Crippen MR) is 40.5 cm³/mol. The molecule has 1 saturated heterocycles. The van der Waals surface area contributed by atoms with Crippen LogP contribution < -0.4 is 0 Å². The van der Waals surface area contributed by atoms with Crippen molar-refractivity contribution in [1.82, 2.24) is 0 Å². The van der Waals surface area contributed by atoms with E-state index in [0.29, 0.717) is 11.8 Å². The molecule has 4 heteroatoms. The van der Waals surface area contributed by atoms with Crippen LogP contribution in [0.1, 0.15) is 19.8 Å². The van der Waals surface area contributed by atoms with Gasteiger partial charge >= 0.3 is 0 Å². The number of hydrogen-bond acceptors (Lipinski definition) is 3. The highest BCUT2D eigenvalue weighted by atomic mass is 32.2. The summed E-state index contributed by atoms with van der Waals surface area (Å²) in [6.45, 7) is 2.06. The van der Waals surface area contributed by atoms with Gasteiger partial charge in [-0.2, -0.15) is 8.42 Å². The Hall–Kier alpha value is -0.0900. The molecule has 0 amide bonds. The van der Waals surface area contributed by atoms with Gasteiger partial charge in [-0.05, 0) is 24.7 Å². The third-order valence-corrected chi connectivity index (χ3v) is 4.04. The van der Waals surface area contributed by atoms with Gasteiger partial charge in [0, 0.05) is 0 Å². The Kier molecular flexibility index (Phi) is 1.51. The van der Waals surface area contributed by atoms with Gasteiger partial charge < -0.3 is 0 Å². The summed E-state index contributed by atoms with van der Waals surface area (Å²) >= 11 is 0. The van der Waals surface area contributed by atoms with Crippen molar-refractivity contribution < 1.29 is 12.6 Å². The second-order valence-electron chi connectivity index (χ2n) is 3.67. The molecule has 0 N–H and O–H groups in total. The Balaban J connectivity index is 2.25. The highest BCUT2D eigenvalue weighted by Crippen LogP contribution is 2.39. The maximum Gasteiger partial charge on any atom is 0.267 e. The second kappa shape index (κ2) is 2.20. The van der Waals surface area contributed by atoms with Crippen molar-refractivity contribution in [1.29, 1.82) is 0 Å². The molecule has 0 aromatic carbocycles. The van der Waals surface area contributed by atoms with Crippen LogP contribution in [-0.4, -0.2) is 20.3 Å². The minimum absolute atomic E-state index is 0.0150. The minimum atomic E-state index is -3.15. The SMILES string of the molecule is CC1CC2CC1OS(=O)(=O)C2. The zero-order valence-corrected chi connectivity index (χ0v) is 7.30. The van der Waals surface area contributed by atoms with Crippen molar-refractivity contribution in [2.75, 3.05) is 5.75 Å². The van der Waals surface area contributed by atoms with Gasteiger partial charge in [0.1, 0.15) is 0 Å². The molecule has 3 atom stereocenters. The third-order valence-electron chi connectivity index (χ3n) is 2.62. The first-order valence-electron chi connectivity index (χ1n) is 3.98. The van der Waals surface area contributed by atoms with E-state index in [1.165, 1.54) is 0 Å². The van der Waals surface area contributed by atoms with Crippen molar-refractivity contribution in [2.24, 2.45) is 11.8 Å². The maximum absolute atomic E-state index is 11.0. The van der Waals surface area contributed by atoms with Crippen LogP contribution in [0.3, 0.4) is 0 Å². The average molecular weight is 176 g/mol. The molecule has 2 fully saturated rings. The first-order chi connectivity index (χ1) is 5.07. The molecule has 1 aliphatic heterocycles. The molecule has 64 valence electrons. The van der Waals surface area contributed by atoms with Crippen LogP contribution in [0.4, 0.5) is 0 Å². The van der Waals surface area contributed by atoms with E-state index in [0.717, 1.165) is 12.8 Å². The first kappa shape index (κ1) is 7.55. The summed E-state index contributed by atoms with van der Waals surface area (Å²) < 4.78 is 27.0. The van der Waals surface area contributed by atoms with E-state index in [4.69, 9.17) is 4.18 Å². The highest BCUT2D eigenvalue weighted by molar-refractivity contribution is 7.86. The minimum Gasteiger partial charge on any atom is -0.266 e. The second-order valence-corrected chi connectivity index (χ2v) is 5.31. The predicted octanol–water partition coefficient (Wildman–Crippen LogP) is 0.761. The average Bonchev–Trinajstić information content (AvgIpc) is 2.05. The van der Waals surface area contributed by atoms with Crippen LogP contribution in [-0.2, 0) is 14.3 Å². The van der Waals surface area contributed by atoms with Gasteiger partial charge in [0.25, 0.3) is 10.1 Å². The molecule has 2 aliphatic rings. The van der Waals surface area contributed by atoms with Crippen LogP contribution in [0.2, 0.25) is 0 Å². The summed E-state index contributed by atoms with van der Waals surface area (Å²) in [7, 11) is -3.15. The fraction of sp³-hybridized carbons (Fsp3) is 1.00. The zero-order valence-electron chi connectivity index (χ0n) is 6.49. The molecule has 0 aromatic heterocycles. The fourth-order valence-corrected chi connectivity index (χ4v) is 3.69. The Labute approximate surface area is 66.9 Å². The Morgan fingerprint density at radius 2 is 2.09 bits per heavy atom. The van der Waals surface area contributed by atoms with E-state index in [1.807, 2.05) is 0 Å². The van der Waals surface area contributed by atoms with Gasteiger partial charge in [-0.3, -0.25) is 4.18 Å². The van der Waals surface area contributed by atoms with Gasteiger partial charge in [-0.1, -0.05) is 6.92 Å². The molecule has 0 spiro atoms. The molecule has 2 rings (SSSR count). The Morgan fingerprint density at radius 3 is 2.73 bits per heavy atom. The molecule has 1 aliphatic carbocycles. The summed E-state index contributed by atoms with van der Waals surface area (Å²) in [4.78, 5) is 0. The lowest BCUT2D eigenvalue weighted by atomic mass is 10.1. The molecule has 11 heavy (non-hydrogen) atoms. The summed E-state index contributed by atoms with van der Waals surface area (Å²) in [5, 5.41) is 0. The van der Waals surface area contributed by atoms with E-state index in [9.17, 15) is 8.42 Å². The van der Waals surface area contributed by atoms with Crippen molar-refractivity contribution in [3.05, 3.63) is 0 Å². The maximum atomic E-state index is 11.0. The number of hydrogen-bond donors (Lipinski definition) is 0. The first-order valence-corrected chi connectivity index (χ1v) is 5.55. The van der Waals surface area contributed by atoms with Gasteiger partial charge in [0.2, 0.25) is 0 Å². The van der Waals surface area contributed by atoms with Crippen molar-refractivity contribution in [3.8, 4) is 0 Å². The van der Waals surface area contributed by atoms with Crippen LogP contribution >= 0.6 is 0 Å². The fourth-order valence-electron chi connectivity index (χ4n) is 2.12. The van der Waals surface area contributed by atoms with E-state index in [2.05, 4.69) is 6.92 Å². The van der Waals surface area contributed by atoms with Crippen LogP contribution in [0, 0.1) is 11.8 Å². The third kappa shape index (κ3) is 1.29. The monoisotopic (exact) mass is 176 g/mol. The lowest BCUT2D eigenvalue weighted by molar-refractivity contribution is 0.165. The Bertz CT molecular complexity index is 255. The standard InChI is InChI=1S/C7H12O3S/c1-5-2-6-3-7(5)10-11(8,9)4-6/h5-7H,2-4H2,1H3. The van der Waals surface area contributed by atoms with E-state index >= 15 is 0 Å². The normalized spacial score (nSPS) is 47.5. The molecule has 3 nitrogen and oxygen atoms in total. The molecular weight excluding hydrogens is 164 g/mol. The zero-order chi connectivity index (χ0) is 8.06. The lowest BCUT2D eigenvalue weighted by Gasteiger charge is -2.19. The van der Waals surface area contributed by atoms with Crippen LogP contribution in [0.25, 0.3) is 0 Å². The molecule has 0 radical (unpaired) electrons. The summed E-state index contributed by atoms with van der Waals surface area (Å²) in [5.41, 5.74) is 0. The lowest BCUT2D eigenvalue weighted by Crippen LogP contribution is -2.28. The van der Waals surface area contributed by atoms with Crippen LogP contribution in [0.5, 0.6) is 0 Å². The van der Waals surface area contributed by atoms with Crippen molar-refractivity contribution in [2.45, 2.75) is 25.9 Å². The number of fused-ring (bicyclic) bond motifs is 2. The van der Waals surface area contributed by atoms with E-state index < -0.39 is 10.1 Å².